The van der Waals surface area contributed by atoms with E-state index in [2.05, 4.69) is 16.1 Å². The number of terminal acetylenes is 1. The topological polar surface area (TPSA) is 112 Å². The third kappa shape index (κ3) is 6.01. The van der Waals surface area contributed by atoms with E-state index in [4.69, 9.17) is 20.4 Å². The summed E-state index contributed by atoms with van der Waals surface area (Å²) >= 11 is 1.50. The lowest BCUT2D eigenvalue weighted by atomic mass is 9.96. The zero-order valence-corrected chi connectivity index (χ0v) is 21.9. The molecule has 0 bridgehead atoms. The summed E-state index contributed by atoms with van der Waals surface area (Å²) in [5, 5.41) is 6.55. The van der Waals surface area contributed by atoms with Gasteiger partial charge in [0.1, 0.15) is 5.69 Å². The van der Waals surface area contributed by atoms with Gasteiger partial charge in [0.25, 0.3) is 5.91 Å². The van der Waals surface area contributed by atoms with Crippen molar-refractivity contribution in [3.05, 3.63) is 69.7 Å². The first-order valence-corrected chi connectivity index (χ1v) is 13.1. The van der Waals surface area contributed by atoms with E-state index in [1.807, 2.05) is 5.38 Å². The Labute approximate surface area is 224 Å². The van der Waals surface area contributed by atoms with Crippen LogP contribution in [0.15, 0.2) is 52.4 Å². The van der Waals surface area contributed by atoms with Gasteiger partial charge in [0.2, 0.25) is 0 Å². The normalized spacial score (nSPS) is 14.7. The van der Waals surface area contributed by atoms with Crippen LogP contribution in [0.2, 0.25) is 0 Å². The molecule has 2 aromatic heterocycles. The van der Waals surface area contributed by atoms with Gasteiger partial charge in [0, 0.05) is 30.5 Å². The van der Waals surface area contributed by atoms with Crippen molar-refractivity contribution >= 4 is 29.2 Å². The summed E-state index contributed by atoms with van der Waals surface area (Å²) in [6, 6.07) is 8.12. The number of rotatable bonds is 8. The van der Waals surface area contributed by atoms with Gasteiger partial charge in [-0.15, -0.1) is 17.8 Å². The molecule has 3 aromatic rings. The number of ether oxygens (including phenoxy) is 2. The van der Waals surface area contributed by atoms with Crippen LogP contribution in [0.25, 0.3) is 11.5 Å². The molecule has 0 saturated carbocycles. The molecule has 0 aliphatic carbocycles. The fraction of sp³-hybridized carbons (Fsp3) is 0.321. The maximum absolute atomic E-state index is 13.3. The highest BCUT2D eigenvalue weighted by molar-refractivity contribution is 7.10. The van der Waals surface area contributed by atoms with E-state index in [0.29, 0.717) is 24.5 Å². The van der Waals surface area contributed by atoms with Gasteiger partial charge in [0.15, 0.2) is 17.6 Å². The molecule has 3 heterocycles. The highest BCUT2D eigenvalue weighted by Gasteiger charge is 2.29. The van der Waals surface area contributed by atoms with Crippen LogP contribution in [0, 0.1) is 12.3 Å². The molecule has 1 aliphatic heterocycles. The molecule has 1 unspecified atom stereocenters. The Kier molecular flexibility index (Phi) is 8.71. The van der Waals surface area contributed by atoms with E-state index in [1.54, 1.807) is 55.2 Å². The number of carbonyl (C=O) groups excluding carboxylic acids is 3. The van der Waals surface area contributed by atoms with Gasteiger partial charge < -0.3 is 18.9 Å². The first kappa shape index (κ1) is 26.8. The molecule has 0 spiro atoms. The Balaban J connectivity index is 1.40. The number of carbonyl (C=O) groups is 3. The first-order valence-electron chi connectivity index (χ1n) is 12.2. The molecule has 4 rings (SSSR count). The fourth-order valence-electron chi connectivity index (χ4n) is 4.12. The lowest BCUT2D eigenvalue weighted by molar-refractivity contribution is 0.0466. The quantitative estimate of drug-likeness (QED) is 0.232. The Morgan fingerprint density at radius 3 is 2.66 bits per heavy atom. The number of hydrogen-bond donors (Lipinski definition) is 0. The van der Waals surface area contributed by atoms with Crippen molar-refractivity contribution in [3.8, 4) is 23.8 Å². The minimum Gasteiger partial charge on any atom is -0.461 e. The fourth-order valence-corrected chi connectivity index (χ4v) is 5.10. The van der Waals surface area contributed by atoms with Crippen molar-refractivity contribution in [2.24, 2.45) is 0 Å². The van der Waals surface area contributed by atoms with E-state index in [1.165, 1.54) is 17.4 Å². The minimum absolute atomic E-state index is 0.101. The SMILES string of the molecule is C#CC(C=CC)OC(=O)c1ccccc1C(=O)N1CCC(c2nc(-c3cc(C(=O)OCC)no3)cs2)CC1. The molecular weight excluding hydrogens is 506 g/mol. The molecule has 1 atom stereocenters. The van der Waals surface area contributed by atoms with Crippen LogP contribution < -0.4 is 0 Å². The van der Waals surface area contributed by atoms with Crippen molar-refractivity contribution in [1.29, 1.82) is 0 Å². The number of amides is 1. The number of aromatic nitrogens is 2. The zero-order chi connectivity index (χ0) is 27.1. The van der Waals surface area contributed by atoms with Crippen molar-refractivity contribution < 1.29 is 28.4 Å². The average Bonchev–Trinajstić information content (AvgIpc) is 3.63. The largest absolute Gasteiger partial charge is 0.461 e. The smallest absolute Gasteiger partial charge is 0.360 e. The van der Waals surface area contributed by atoms with Crippen LogP contribution in [0.5, 0.6) is 0 Å². The predicted molar refractivity (Wildman–Crippen MR) is 141 cm³/mol. The second-order valence-electron chi connectivity index (χ2n) is 8.50. The van der Waals surface area contributed by atoms with Gasteiger partial charge in [-0.2, -0.15) is 0 Å². The highest BCUT2D eigenvalue weighted by Crippen LogP contribution is 2.33. The Morgan fingerprint density at radius 1 is 1.24 bits per heavy atom. The molecular formula is C28H27N3O6S. The van der Waals surface area contributed by atoms with Crippen molar-refractivity contribution in [2.45, 2.75) is 38.7 Å². The van der Waals surface area contributed by atoms with E-state index in [-0.39, 0.29) is 35.3 Å². The average molecular weight is 534 g/mol. The Bertz CT molecular complexity index is 1380. The summed E-state index contributed by atoms with van der Waals surface area (Å²) in [5.74, 6) is 1.55. The number of likely N-dealkylation sites (tertiary alicyclic amines) is 1. The Morgan fingerprint density at radius 2 is 1.97 bits per heavy atom. The van der Waals surface area contributed by atoms with Gasteiger partial charge in [-0.1, -0.05) is 29.3 Å². The van der Waals surface area contributed by atoms with Crippen LogP contribution in [0.1, 0.15) is 68.8 Å². The standard InChI is InChI=1S/C28H27N3O6S/c1-4-9-19(5-2)36-27(33)21-11-8-7-10-20(21)26(32)31-14-12-18(13-15-31)25-29-23(17-38-25)24-16-22(30-37-24)28(34)35-6-3/h2,4,7-11,16-19H,6,12-15H2,1,3H3. The number of piperidine rings is 1. The number of esters is 2. The molecule has 9 nitrogen and oxygen atoms in total. The van der Waals surface area contributed by atoms with E-state index in [0.717, 1.165) is 17.8 Å². The van der Waals surface area contributed by atoms with Crippen LogP contribution in [0.3, 0.4) is 0 Å². The summed E-state index contributed by atoms with van der Waals surface area (Å²) in [7, 11) is 0. The first-order chi connectivity index (χ1) is 18.4. The maximum Gasteiger partial charge on any atom is 0.360 e. The maximum atomic E-state index is 13.3. The van der Waals surface area contributed by atoms with Crippen molar-refractivity contribution in [1.82, 2.24) is 15.0 Å². The van der Waals surface area contributed by atoms with Gasteiger partial charge in [-0.3, -0.25) is 4.79 Å². The molecule has 1 aromatic carbocycles. The number of hydrogen-bond acceptors (Lipinski definition) is 9. The number of allylic oxidation sites excluding steroid dienone is 1. The molecule has 1 aliphatic rings. The third-order valence-electron chi connectivity index (χ3n) is 6.04. The highest BCUT2D eigenvalue weighted by atomic mass is 32.1. The van der Waals surface area contributed by atoms with Gasteiger partial charge in [-0.05, 0) is 44.9 Å². The molecule has 1 amide bonds. The summed E-state index contributed by atoms with van der Waals surface area (Å²) in [6.45, 7) is 4.79. The van der Waals surface area contributed by atoms with Crippen LogP contribution in [-0.2, 0) is 9.47 Å². The zero-order valence-electron chi connectivity index (χ0n) is 21.1. The van der Waals surface area contributed by atoms with E-state index in [9.17, 15) is 14.4 Å². The van der Waals surface area contributed by atoms with Crippen LogP contribution >= 0.6 is 11.3 Å². The lowest BCUT2D eigenvalue weighted by Gasteiger charge is -2.31. The summed E-state index contributed by atoms with van der Waals surface area (Å²) < 4.78 is 15.6. The number of thiazole rings is 1. The van der Waals surface area contributed by atoms with Crippen LogP contribution in [-0.4, -0.2) is 58.7 Å². The van der Waals surface area contributed by atoms with Gasteiger partial charge in [-0.25, -0.2) is 14.6 Å². The Hall–Kier alpha value is -4.23. The molecule has 1 fully saturated rings. The molecule has 1 saturated heterocycles. The third-order valence-corrected chi connectivity index (χ3v) is 7.05. The number of nitrogens with zero attached hydrogens (tertiary/aromatic N) is 3. The summed E-state index contributed by atoms with van der Waals surface area (Å²) in [6.07, 6.45) is 9.37. The second kappa shape index (κ2) is 12.3. The second-order valence-corrected chi connectivity index (χ2v) is 9.39. The molecule has 0 radical (unpaired) electrons. The monoisotopic (exact) mass is 533 g/mol. The summed E-state index contributed by atoms with van der Waals surface area (Å²) in [5.41, 5.74) is 1.17. The number of benzene rings is 1. The molecule has 0 N–H and O–H groups in total. The van der Waals surface area contributed by atoms with Gasteiger partial charge >= 0.3 is 11.9 Å². The molecule has 196 valence electrons. The molecule has 10 heteroatoms. The van der Waals surface area contributed by atoms with E-state index >= 15 is 0 Å². The van der Waals surface area contributed by atoms with Crippen LogP contribution in [0.4, 0.5) is 0 Å². The van der Waals surface area contributed by atoms with Crippen molar-refractivity contribution in [3.63, 3.8) is 0 Å². The lowest BCUT2D eigenvalue weighted by Crippen LogP contribution is -2.38. The van der Waals surface area contributed by atoms with E-state index < -0.39 is 18.0 Å². The van der Waals surface area contributed by atoms with Crippen molar-refractivity contribution in [2.75, 3.05) is 19.7 Å². The predicted octanol–water partition coefficient (Wildman–Crippen LogP) is 4.73. The molecule has 38 heavy (non-hydrogen) atoms. The minimum atomic E-state index is -0.803. The summed E-state index contributed by atoms with van der Waals surface area (Å²) in [4.78, 5) is 44.4. The van der Waals surface area contributed by atoms with Gasteiger partial charge in [0.05, 0.1) is 22.7 Å².